The van der Waals surface area contributed by atoms with Crippen LogP contribution in [0.15, 0.2) is 65.5 Å². The van der Waals surface area contributed by atoms with Crippen molar-refractivity contribution in [3.63, 3.8) is 0 Å². The Morgan fingerprint density at radius 2 is 1.65 bits per heavy atom. The van der Waals surface area contributed by atoms with Gasteiger partial charge in [-0.05, 0) is 53.9 Å². The second-order valence-electron chi connectivity index (χ2n) is 7.83. The Hall–Kier alpha value is -4.01. The highest BCUT2D eigenvalue weighted by Crippen LogP contribution is 2.33. The van der Waals surface area contributed by atoms with Gasteiger partial charge >= 0.3 is 6.18 Å². The van der Waals surface area contributed by atoms with Crippen LogP contribution in [0.4, 0.5) is 22.0 Å². The van der Waals surface area contributed by atoms with E-state index in [1.54, 1.807) is 25.1 Å². The number of rotatable bonds is 3. The predicted octanol–water partition coefficient (Wildman–Crippen LogP) is 6.37. The number of hydrogen-bond acceptors (Lipinski definition) is 2. The first-order valence-corrected chi connectivity index (χ1v) is 10.4. The Bertz CT molecular complexity index is 1620. The van der Waals surface area contributed by atoms with Crippen molar-refractivity contribution in [3.8, 4) is 22.3 Å². The molecule has 0 radical (unpaired) electrons. The summed E-state index contributed by atoms with van der Waals surface area (Å²) in [4.78, 5) is 16.3. The van der Waals surface area contributed by atoms with E-state index in [1.165, 1.54) is 18.2 Å². The smallest absolute Gasteiger partial charge is 0.339 e. The molecule has 2 heterocycles. The summed E-state index contributed by atoms with van der Waals surface area (Å²) >= 11 is 0. The first kappa shape index (κ1) is 21.8. The molecule has 9 heteroatoms. The number of alkyl halides is 3. The van der Waals surface area contributed by atoms with Crippen LogP contribution in [0.25, 0.3) is 38.8 Å². The van der Waals surface area contributed by atoms with Crippen LogP contribution in [0.2, 0.25) is 0 Å². The number of hydrogen-bond donors (Lipinski definition) is 1. The number of nitrogens with one attached hydrogen (secondary N) is 1. The number of aromatic nitrogens is 3. The van der Waals surface area contributed by atoms with E-state index >= 15 is 0 Å². The van der Waals surface area contributed by atoms with Gasteiger partial charge in [0.1, 0.15) is 17.3 Å². The predicted molar refractivity (Wildman–Crippen MR) is 118 cm³/mol. The van der Waals surface area contributed by atoms with Crippen molar-refractivity contribution in [2.75, 3.05) is 0 Å². The fourth-order valence-corrected chi connectivity index (χ4v) is 4.06. The van der Waals surface area contributed by atoms with E-state index in [4.69, 9.17) is 0 Å². The molecule has 0 aliphatic rings. The van der Waals surface area contributed by atoms with Crippen LogP contribution in [0.3, 0.4) is 0 Å². The summed E-state index contributed by atoms with van der Waals surface area (Å²) in [7, 11) is 0. The average molecular weight is 469 g/mol. The first-order valence-electron chi connectivity index (χ1n) is 10.4. The minimum absolute atomic E-state index is 0.0992. The van der Waals surface area contributed by atoms with E-state index in [1.807, 2.05) is 0 Å². The van der Waals surface area contributed by atoms with Gasteiger partial charge in [-0.2, -0.15) is 22.8 Å². The van der Waals surface area contributed by atoms with E-state index in [0.29, 0.717) is 39.7 Å². The first-order chi connectivity index (χ1) is 16.2. The maximum absolute atomic E-state index is 14.6. The van der Waals surface area contributed by atoms with Crippen LogP contribution >= 0.6 is 0 Å². The minimum atomic E-state index is -4.44. The standard InChI is InChI=1S/C25H16F5N3O/c1-2-20-22(17-10-8-16(26)12-19(17)27)23-31-21-11-14(5-9-18(21)24(34)33(23)32-20)13-3-6-15(7-4-13)25(28,29)30/h3-12,31H,2H2,1H3. The lowest BCUT2D eigenvalue weighted by Gasteiger charge is -2.09. The van der Waals surface area contributed by atoms with Gasteiger partial charge in [0.25, 0.3) is 5.56 Å². The van der Waals surface area contributed by atoms with E-state index in [0.717, 1.165) is 28.8 Å². The molecular formula is C25H16F5N3O. The third-order valence-corrected chi connectivity index (χ3v) is 5.73. The van der Waals surface area contributed by atoms with Crippen molar-refractivity contribution in [2.45, 2.75) is 19.5 Å². The fourth-order valence-electron chi connectivity index (χ4n) is 4.06. The molecule has 0 saturated carbocycles. The van der Waals surface area contributed by atoms with Crippen molar-refractivity contribution >= 4 is 16.6 Å². The Labute approximate surface area is 189 Å². The lowest BCUT2D eigenvalue weighted by atomic mass is 10.0. The van der Waals surface area contributed by atoms with Gasteiger partial charge in [-0.3, -0.25) is 4.79 Å². The largest absolute Gasteiger partial charge is 0.416 e. The molecule has 0 saturated heterocycles. The van der Waals surface area contributed by atoms with Gasteiger partial charge in [-0.1, -0.05) is 25.1 Å². The molecule has 0 bridgehead atoms. The Morgan fingerprint density at radius 3 is 2.29 bits per heavy atom. The van der Waals surface area contributed by atoms with E-state index < -0.39 is 28.9 Å². The van der Waals surface area contributed by atoms with Gasteiger partial charge in [0.15, 0.2) is 0 Å². The summed E-state index contributed by atoms with van der Waals surface area (Å²) in [5.41, 5.74) is 1.47. The van der Waals surface area contributed by atoms with Crippen molar-refractivity contribution in [3.05, 3.63) is 93.9 Å². The van der Waals surface area contributed by atoms with Gasteiger partial charge in [0.05, 0.1) is 27.7 Å². The van der Waals surface area contributed by atoms with Crippen molar-refractivity contribution < 1.29 is 22.0 Å². The Balaban J connectivity index is 1.72. The zero-order valence-electron chi connectivity index (χ0n) is 17.7. The highest BCUT2D eigenvalue weighted by Gasteiger charge is 2.30. The molecule has 34 heavy (non-hydrogen) atoms. The van der Waals surface area contributed by atoms with Gasteiger partial charge in [0, 0.05) is 11.6 Å². The molecule has 0 aliphatic heterocycles. The van der Waals surface area contributed by atoms with Crippen LogP contribution < -0.4 is 5.56 Å². The zero-order chi connectivity index (χ0) is 24.2. The quantitative estimate of drug-likeness (QED) is 0.312. The summed E-state index contributed by atoms with van der Waals surface area (Å²) < 4.78 is 67.9. The van der Waals surface area contributed by atoms with Crippen LogP contribution in [-0.4, -0.2) is 14.6 Å². The van der Waals surface area contributed by atoms with Crippen molar-refractivity contribution in [2.24, 2.45) is 0 Å². The third kappa shape index (κ3) is 3.53. The monoisotopic (exact) mass is 469 g/mol. The second kappa shape index (κ2) is 7.79. The molecule has 0 fully saturated rings. The number of nitrogens with zero attached hydrogens (tertiary/aromatic N) is 2. The van der Waals surface area contributed by atoms with E-state index in [2.05, 4.69) is 10.1 Å². The number of fused-ring (bicyclic) bond motifs is 2. The number of benzene rings is 3. The highest BCUT2D eigenvalue weighted by atomic mass is 19.4. The molecule has 0 amide bonds. The van der Waals surface area contributed by atoms with Crippen LogP contribution in [0.1, 0.15) is 18.2 Å². The van der Waals surface area contributed by atoms with E-state index in [-0.39, 0.29) is 11.2 Å². The normalized spacial score (nSPS) is 12.1. The molecule has 172 valence electrons. The number of H-pyrrole nitrogens is 1. The average Bonchev–Trinajstić information content (AvgIpc) is 3.17. The molecule has 1 N–H and O–H groups in total. The molecular weight excluding hydrogens is 453 g/mol. The van der Waals surface area contributed by atoms with Gasteiger partial charge in [-0.25, -0.2) is 8.78 Å². The summed E-state index contributed by atoms with van der Waals surface area (Å²) in [6.07, 6.45) is -4.04. The molecule has 5 aromatic rings. The number of halogens is 5. The van der Waals surface area contributed by atoms with Crippen LogP contribution in [-0.2, 0) is 12.6 Å². The highest BCUT2D eigenvalue weighted by molar-refractivity contribution is 5.89. The molecule has 3 aromatic carbocycles. The maximum Gasteiger partial charge on any atom is 0.416 e. The van der Waals surface area contributed by atoms with Crippen molar-refractivity contribution in [1.82, 2.24) is 14.6 Å². The zero-order valence-corrected chi connectivity index (χ0v) is 17.7. The molecule has 0 unspecified atom stereocenters. The SMILES string of the molecule is CCc1nn2c(=O)c3ccc(-c4ccc(C(F)(F)F)cc4)cc3[nH]c2c1-c1ccc(F)cc1F. The van der Waals surface area contributed by atoms with E-state index in [9.17, 15) is 26.7 Å². The van der Waals surface area contributed by atoms with Gasteiger partial charge in [-0.15, -0.1) is 0 Å². The molecule has 4 nitrogen and oxygen atoms in total. The summed E-state index contributed by atoms with van der Waals surface area (Å²) in [5, 5.41) is 4.65. The Morgan fingerprint density at radius 1 is 0.941 bits per heavy atom. The van der Waals surface area contributed by atoms with Crippen molar-refractivity contribution in [1.29, 1.82) is 0 Å². The number of aromatic amines is 1. The third-order valence-electron chi connectivity index (χ3n) is 5.73. The fraction of sp³-hybridized carbons (Fsp3) is 0.120. The molecule has 0 aliphatic carbocycles. The summed E-state index contributed by atoms with van der Waals surface area (Å²) in [6, 6.07) is 12.7. The maximum atomic E-state index is 14.6. The topological polar surface area (TPSA) is 50.2 Å². The molecule has 0 atom stereocenters. The molecule has 5 rings (SSSR count). The van der Waals surface area contributed by atoms with Gasteiger partial charge < -0.3 is 4.98 Å². The number of aryl methyl sites for hydroxylation is 1. The van der Waals surface area contributed by atoms with Gasteiger partial charge in [0.2, 0.25) is 0 Å². The lowest BCUT2D eigenvalue weighted by molar-refractivity contribution is -0.137. The lowest BCUT2D eigenvalue weighted by Crippen LogP contribution is -2.15. The molecule has 0 spiro atoms. The summed E-state index contributed by atoms with van der Waals surface area (Å²) in [5.74, 6) is -1.51. The second-order valence-corrected chi connectivity index (χ2v) is 7.83. The molecule has 2 aromatic heterocycles. The summed E-state index contributed by atoms with van der Waals surface area (Å²) in [6.45, 7) is 1.81. The minimum Gasteiger partial charge on any atom is -0.339 e. The van der Waals surface area contributed by atoms with Crippen LogP contribution in [0.5, 0.6) is 0 Å². The van der Waals surface area contributed by atoms with Crippen LogP contribution in [0, 0.1) is 11.6 Å². The Kier molecular flexibility index (Phi) is 5.00.